The van der Waals surface area contributed by atoms with Gasteiger partial charge in [-0.05, 0) is 32.1 Å². The Hall–Kier alpha value is -1.52. The highest BCUT2D eigenvalue weighted by molar-refractivity contribution is 5.81. The Labute approximate surface area is 122 Å². The van der Waals surface area contributed by atoms with Crippen molar-refractivity contribution in [2.24, 2.45) is 4.99 Å². The molecule has 2 N–H and O–H groups in total. The second-order valence-corrected chi connectivity index (χ2v) is 5.32. The average Bonchev–Trinajstić information content (AvgIpc) is 2.46. The number of hydrogen-bond acceptors (Lipinski definition) is 2. The van der Waals surface area contributed by atoms with E-state index in [0.717, 1.165) is 18.9 Å². The average molecular weight is 280 g/mol. The van der Waals surface area contributed by atoms with E-state index in [4.69, 9.17) is 0 Å². The van der Waals surface area contributed by atoms with Crippen molar-refractivity contribution in [3.8, 4) is 0 Å². The van der Waals surface area contributed by atoms with Crippen LogP contribution in [0.2, 0.25) is 0 Å². The molecule has 1 aliphatic rings. The Bertz CT molecular complexity index is 361. The van der Waals surface area contributed by atoms with Gasteiger partial charge in [0.1, 0.15) is 0 Å². The second kappa shape index (κ2) is 9.39. The number of carbonyl (C=O) groups is 1. The minimum atomic E-state index is 0.125. The Morgan fingerprint density at radius 1 is 1.30 bits per heavy atom. The molecule has 0 saturated heterocycles. The summed E-state index contributed by atoms with van der Waals surface area (Å²) < 4.78 is 0. The topological polar surface area (TPSA) is 56.7 Å². The Morgan fingerprint density at radius 3 is 2.65 bits per heavy atom. The molecule has 0 radical (unpaired) electrons. The number of aliphatic imine (C=N–C) groups is 1. The molecule has 5 heteroatoms. The van der Waals surface area contributed by atoms with Crippen LogP contribution in [0.25, 0.3) is 0 Å². The maximum absolute atomic E-state index is 11.5. The van der Waals surface area contributed by atoms with Crippen molar-refractivity contribution in [2.45, 2.75) is 38.5 Å². The van der Waals surface area contributed by atoms with Gasteiger partial charge in [-0.2, -0.15) is 0 Å². The largest absolute Gasteiger partial charge is 0.356 e. The predicted molar refractivity (Wildman–Crippen MR) is 83.8 cm³/mol. The van der Waals surface area contributed by atoms with Crippen LogP contribution >= 0.6 is 0 Å². The number of allylic oxidation sites excluding steroid dienone is 1. The van der Waals surface area contributed by atoms with Crippen molar-refractivity contribution in [2.75, 3.05) is 34.2 Å². The normalized spacial score (nSPS) is 15.6. The van der Waals surface area contributed by atoms with Gasteiger partial charge in [0, 0.05) is 40.7 Å². The summed E-state index contributed by atoms with van der Waals surface area (Å²) in [4.78, 5) is 17.2. The van der Waals surface area contributed by atoms with E-state index in [-0.39, 0.29) is 5.91 Å². The van der Waals surface area contributed by atoms with Crippen LogP contribution in [-0.4, -0.2) is 51.0 Å². The first kappa shape index (κ1) is 16.5. The lowest BCUT2D eigenvalue weighted by Crippen LogP contribution is -2.39. The number of guanidine groups is 1. The minimum absolute atomic E-state index is 0.125. The SMILES string of the molecule is CN=C(NCCC(=O)N(C)C)NCCC1=CCCCC1. The molecule has 1 aliphatic carbocycles. The van der Waals surface area contributed by atoms with Crippen molar-refractivity contribution >= 4 is 11.9 Å². The van der Waals surface area contributed by atoms with E-state index in [2.05, 4.69) is 21.7 Å². The fraction of sp³-hybridized carbons (Fsp3) is 0.733. The van der Waals surface area contributed by atoms with E-state index < -0.39 is 0 Å². The molecule has 0 unspecified atom stereocenters. The molecule has 1 amide bonds. The molecular weight excluding hydrogens is 252 g/mol. The fourth-order valence-electron chi connectivity index (χ4n) is 2.21. The lowest BCUT2D eigenvalue weighted by atomic mass is 9.97. The lowest BCUT2D eigenvalue weighted by Gasteiger charge is -2.15. The first-order valence-electron chi connectivity index (χ1n) is 7.46. The van der Waals surface area contributed by atoms with E-state index in [1.54, 1.807) is 31.6 Å². The minimum Gasteiger partial charge on any atom is -0.356 e. The quantitative estimate of drug-likeness (QED) is 0.441. The van der Waals surface area contributed by atoms with Gasteiger partial charge in [-0.15, -0.1) is 0 Å². The Morgan fingerprint density at radius 2 is 2.05 bits per heavy atom. The molecule has 0 aromatic carbocycles. The van der Waals surface area contributed by atoms with Gasteiger partial charge >= 0.3 is 0 Å². The molecule has 0 aliphatic heterocycles. The molecule has 114 valence electrons. The van der Waals surface area contributed by atoms with E-state index in [1.807, 2.05) is 0 Å². The molecule has 5 nitrogen and oxygen atoms in total. The Balaban J connectivity index is 2.16. The van der Waals surface area contributed by atoms with Gasteiger partial charge in [-0.3, -0.25) is 9.79 Å². The van der Waals surface area contributed by atoms with Crippen LogP contribution in [0.1, 0.15) is 38.5 Å². The van der Waals surface area contributed by atoms with Crippen LogP contribution in [0.15, 0.2) is 16.6 Å². The molecule has 0 heterocycles. The Kier molecular flexibility index (Phi) is 7.77. The summed E-state index contributed by atoms with van der Waals surface area (Å²) in [5.74, 6) is 0.897. The van der Waals surface area contributed by atoms with Gasteiger partial charge in [0.25, 0.3) is 0 Å². The summed E-state index contributed by atoms with van der Waals surface area (Å²) >= 11 is 0. The summed E-state index contributed by atoms with van der Waals surface area (Å²) in [5.41, 5.74) is 1.56. The molecule has 0 saturated carbocycles. The molecular formula is C15H28N4O. The van der Waals surface area contributed by atoms with Gasteiger partial charge in [0.15, 0.2) is 5.96 Å². The molecule has 0 bridgehead atoms. The first-order chi connectivity index (χ1) is 9.63. The lowest BCUT2D eigenvalue weighted by molar-refractivity contribution is -0.128. The predicted octanol–water partition coefficient (Wildman–Crippen LogP) is 1.52. The molecule has 1 rings (SSSR count). The molecule has 0 fully saturated rings. The second-order valence-electron chi connectivity index (χ2n) is 5.32. The zero-order valence-electron chi connectivity index (χ0n) is 13.0. The standard InChI is InChI=1S/C15H28N4O/c1-16-15(18-12-10-14(20)19(2)3)17-11-9-13-7-5-4-6-8-13/h7H,4-6,8-12H2,1-3H3,(H2,16,17,18). The maximum atomic E-state index is 11.5. The van der Waals surface area contributed by atoms with Gasteiger partial charge in [0.2, 0.25) is 5.91 Å². The van der Waals surface area contributed by atoms with Crippen LogP contribution in [-0.2, 0) is 4.79 Å². The zero-order chi connectivity index (χ0) is 14.8. The zero-order valence-corrected chi connectivity index (χ0v) is 13.0. The van der Waals surface area contributed by atoms with Gasteiger partial charge in [0.05, 0.1) is 0 Å². The molecule has 0 aromatic rings. The van der Waals surface area contributed by atoms with E-state index >= 15 is 0 Å². The third kappa shape index (κ3) is 6.59. The first-order valence-corrected chi connectivity index (χ1v) is 7.46. The summed E-state index contributed by atoms with van der Waals surface area (Å²) in [6.45, 7) is 1.51. The fourth-order valence-corrected chi connectivity index (χ4v) is 2.21. The summed E-state index contributed by atoms with van der Waals surface area (Å²) in [6.07, 6.45) is 9.07. The third-order valence-corrected chi connectivity index (χ3v) is 3.48. The van der Waals surface area contributed by atoms with Gasteiger partial charge in [-0.1, -0.05) is 11.6 Å². The van der Waals surface area contributed by atoms with Crippen molar-refractivity contribution in [3.05, 3.63) is 11.6 Å². The number of hydrogen-bond donors (Lipinski definition) is 2. The van der Waals surface area contributed by atoms with Crippen LogP contribution in [0.3, 0.4) is 0 Å². The third-order valence-electron chi connectivity index (χ3n) is 3.48. The van der Waals surface area contributed by atoms with Crippen LogP contribution in [0, 0.1) is 0 Å². The number of carbonyl (C=O) groups excluding carboxylic acids is 1. The molecule has 0 aromatic heterocycles. The van der Waals surface area contributed by atoms with Crippen molar-refractivity contribution in [3.63, 3.8) is 0 Å². The van der Waals surface area contributed by atoms with E-state index in [0.29, 0.717) is 13.0 Å². The summed E-state index contributed by atoms with van der Waals surface area (Å²) in [6, 6.07) is 0. The molecule has 0 spiro atoms. The number of nitrogens with zero attached hydrogens (tertiary/aromatic N) is 2. The van der Waals surface area contributed by atoms with Crippen molar-refractivity contribution in [1.82, 2.24) is 15.5 Å². The highest BCUT2D eigenvalue weighted by Gasteiger charge is 2.05. The number of amides is 1. The molecule has 0 atom stereocenters. The number of rotatable bonds is 6. The van der Waals surface area contributed by atoms with E-state index in [1.165, 1.54) is 25.7 Å². The summed E-state index contributed by atoms with van der Waals surface area (Å²) in [5, 5.41) is 6.46. The van der Waals surface area contributed by atoms with Crippen LogP contribution in [0.4, 0.5) is 0 Å². The van der Waals surface area contributed by atoms with Gasteiger partial charge in [-0.25, -0.2) is 0 Å². The maximum Gasteiger partial charge on any atom is 0.223 e. The van der Waals surface area contributed by atoms with Crippen molar-refractivity contribution in [1.29, 1.82) is 0 Å². The van der Waals surface area contributed by atoms with Gasteiger partial charge < -0.3 is 15.5 Å². The monoisotopic (exact) mass is 280 g/mol. The van der Waals surface area contributed by atoms with Crippen LogP contribution < -0.4 is 10.6 Å². The van der Waals surface area contributed by atoms with E-state index in [9.17, 15) is 4.79 Å². The van der Waals surface area contributed by atoms with Crippen LogP contribution in [0.5, 0.6) is 0 Å². The summed E-state index contributed by atoms with van der Waals surface area (Å²) in [7, 11) is 5.30. The molecule has 20 heavy (non-hydrogen) atoms. The highest BCUT2D eigenvalue weighted by Crippen LogP contribution is 2.19. The van der Waals surface area contributed by atoms with Crippen molar-refractivity contribution < 1.29 is 4.79 Å². The highest BCUT2D eigenvalue weighted by atomic mass is 16.2. The number of nitrogens with one attached hydrogen (secondary N) is 2. The smallest absolute Gasteiger partial charge is 0.223 e.